The van der Waals surface area contributed by atoms with Crippen molar-refractivity contribution >= 4 is 18.1 Å². The van der Waals surface area contributed by atoms with Crippen LogP contribution in [0, 0.1) is 0 Å². The molecule has 0 heterocycles. The van der Waals surface area contributed by atoms with Gasteiger partial charge in [-0.3, -0.25) is 0 Å². The molecule has 44 heavy (non-hydrogen) atoms. The Morgan fingerprint density at radius 1 is 0.364 bits per heavy atom. The van der Waals surface area contributed by atoms with Crippen LogP contribution in [0.15, 0.2) is 0 Å². The molecule has 5 aliphatic carbocycles. The fraction of sp³-hybridized carbons (Fsp3) is 1.00. The monoisotopic (exact) mass is 652 g/mol. The summed E-state index contributed by atoms with van der Waals surface area (Å²) in [4.78, 5) is 0. The van der Waals surface area contributed by atoms with E-state index in [1.807, 2.05) is 0 Å². The highest BCUT2D eigenvalue weighted by molar-refractivity contribution is 6.59. The van der Waals surface area contributed by atoms with Crippen molar-refractivity contribution in [1.82, 2.24) is 0 Å². The lowest BCUT2D eigenvalue weighted by Crippen LogP contribution is -2.58. The molecule has 0 spiro atoms. The van der Waals surface area contributed by atoms with Crippen molar-refractivity contribution in [3.8, 4) is 0 Å². The van der Waals surface area contributed by atoms with Gasteiger partial charge in [-0.1, -0.05) is 96.3 Å². The molecule has 5 aliphatic rings. The molecule has 0 aromatic rings. The van der Waals surface area contributed by atoms with Crippen LogP contribution in [0.5, 0.6) is 0 Å². The van der Waals surface area contributed by atoms with Crippen molar-refractivity contribution in [3.05, 3.63) is 0 Å². The van der Waals surface area contributed by atoms with Gasteiger partial charge in [0.15, 0.2) is 0 Å². The Balaban J connectivity index is 0.000000215. The van der Waals surface area contributed by atoms with Crippen LogP contribution in [0.4, 0.5) is 0 Å². The minimum Gasteiger partial charge on any atom is -0.391 e. The minimum atomic E-state index is -2.73. The highest BCUT2D eigenvalue weighted by Crippen LogP contribution is 2.42. The lowest BCUT2D eigenvalue weighted by molar-refractivity contribution is -0.118. The van der Waals surface area contributed by atoms with Crippen LogP contribution in [0.2, 0.25) is 13.1 Å². The summed E-state index contributed by atoms with van der Waals surface area (Å²) in [6, 6.07) is 0. The quantitative estimate of drug-likeness (QED) is 0.220. The van der Waals surface area contributed by atoms with Crippen molar-refractivity contribution in [3.63, 3.8) is 0 Å². The molecule has 7 heteroatoms. The Kier molecular flexibility index (Phi) is 13.6. The first kappa shape index (κ1) is 37.1. The third-order valence-corrected chi connectivity index (χ3v) is 16.1. The Morgan fingerprint density at radius 2 is 0.568 bits per heavy atom. The standard InChI is InChI=1S/C22H42O3Si.C15H30O2Si/c1-20(14-8-5-9-15-20)23-26(4,24-21(2)16-10-6-11-17-21)25-22(3)18-12-7-13-19-22;1-14(10-6-4-7-11-14)16-18(3)17-15(2)12-8-5-9-13-15/h5-19H2,1-4H3;18H,4-13H2,1-3H3. The Bertz CT molecular complexity index is 744. The molecule has 258 valence electrons. The molecule has 0 radical (unpaired) electrons. The van der Waals surface area contributed by atoms with E-state index in [9.17, 15) is 0 Å². The van der Waals surface area contributed by atoms with Gasteiger partial charge in [-0.05, 0) is 105 Å². The molecule has 0 bridgehead atoms. The second-order valence-electron chi connectivity index (χ2n) is 17.0. The summed E-state index contributed by atoms with van der Waals surface area (Å²) in [5.74, 6) is 0. The smallest absolute Gasteiger partial charge is 0.391 e. The highest BCUT2D eigenvalue weighted by atomic mass is 28.4. The molecule has 0 aliphatic heterocycles. The van der Waals surface area contributed by atoms with Gasteiger partial charge in [0.2, 0.25) is 0 Å². The normalized spacial score (nSPS) is 28.1. The highest BCUT2D eigenvalue weighted by Gasteiger charge is 2.51. The van der Waals surface area contributed by atoms with Crippen molar-refractivity contribution in [1.29, 1.82) is 0 Å². The first-order valence-corrected chi connectivity index (χ1v) is 23.5. The van der Waals surface area contributed by atoms with Gasteiger partial charge < -0.3 is 22.1 Å². The van der Waals surface area contributed by atoms with Gasteiger partial charge in [0, 0.05) is 6.55 Å². The lowest BCUT2D eigenvalue weighted by Gasteiger charge is -2.48. The van der Waals surface area contributed by atoms with Crippen LogP contribution in [0.25, 0.3) is 0 Å². The molecular formula is C37H72O5Si2. The molecule has 0 aromatic carbocycles. The molecule has 5 nitrogen and oxygen atoms in total. The molecule has 0 aromatic heterocycles. The van der Waals surface area contributed by atoms with Crippen LogP contribution in [-0.2, 0) is 22.1 Å². The molecule has 5 rings (SSSR count). The molecule has 5 fully saturated rings. The number of hydrogen-bond donors (Lipinski definition) is 0. The SMILES string of the molecule is CC1(O[Si](C)(OC2(C)CCCCC2)OC2(C)CCCCC2)CCCCC1.C[SiH](OC1(C)CCCCC1)OC1(C)CCCCC1. The van der Waals surface area contributed by atoms with Gasteiger partial charge >= 0.3 is 18.1 Å². The van der Waals surface area contributed by atoms with Crippen molar-refractivity contribution < 1.29 is 22.1 Å². The predicted molar refractivity (Wildman–Crippen MR) is 188 cm³/mol. The molecule has 5 saturated carbocycles. The second kappa shape index (κ2) is 16.1. The first-order valence-electron chi connectivity index (χ1n) is 19.2. The van der Waals surface area contributed by atoms with E-state index >= 15 is 0 Å². The molecule has 0 N–H and O–H groups in total. The molecular weight excluding hydrogens is 581 g/mol. The van der Waals surface area contributed by atoms with Crippen LogP contribution >= 0.6 is 0 Å². The summed E-state index contributed by atoms with van der Waals surface area (Å²) < 4.78 is 33.4. The maximum Gasteiger partial charge on any atom is 0.498 e. The van der Waals surface area contributed by atoms with Crippen LogP contribution in [0.1, 0.15) is 195 Å². The summed E-state index contributed by atoms with van der Waals surface area (Å²) in [7, 11) is -4.21. The largest absolute Gasteiger partial charge is 0.498 e. The lowest BCUT2D eigenvalue weighted by atomic mass is 9.87. The third kappa shape index (κ3) is 11.7. The average Bonchev–Trinajstić information content (AvgIpc) is 2.93. The number of hydrogen-bond acceptors (Lipinski definition) is 5. The van der Waals surface area contributed by atoms with E-state index in [-0.39, 0.29) is 28.0 Å². The van der Waals surface area contributed by atoms with E-state index in [2.05, 4.69) is 47.7 Å². The molecule has 0 atom stereocenters. The fourth-order valence-corrected chi connectivity index (χ4v) is 14.8. The van der Waals surface area contributed by atoms with E-state index in [0.29, 0.717) is 0 Å². The van der Waals surface area contributed by atoms with Gasteiger partial charge in [-0.15, -0.1) is 0 Å². The summed E-state index contributed by atoms with van der Waals surface area (Å²) in [6.45, 7) is 15.9. The summed E-state index contributed by atoms with van der Waals surface area (Å²) in [5.41, 5.74) is 0.0592. The van der Waals surface area contributed by atoms with Crippen molar-refractivity contribution in [2.75, 3.05) is 0 Å². The van der Waals surface area contributed by atoms with E-state index in [1.165, 1.54) is 122 Å². The van der Waals surface area contributed by atoms with Gasteiger partial charge in [-0.25, -0.2) is 0 Å². The van der Waals surface area contributed by atoms with E-state index in [4.69, 9.17) is 22.1 Å². The van der Waals surface area contributed by atoms with E-state index < -0.39 is 18.1 Å². The van der Waals surface area contributed by atoms with Crippen molar-refractivity contribution in [2.24, 2.45) is 0 Å². The van der Waals surface area contributed by atoms with E-state index in [0.717, 1.165) is 38.5 Å². The Morgan fingerprint density at radius 3 is 0.795 bits per heavy atom. The Hall–Kier alpha value is 0.234. The zero-order chi connectivity index (χ0) is 31.8. The minimum absolute atomic E-state index is 0.0602. The first-order chi connectivity index (χ1) is 20.8. The van der Waals surface area contributed by atoms with E-state index in [1.54, 1.807) is 0 Å². The summed E-state index contributed by atoms with van der Waals surface area (Å²) in [5, 5.41) is 0. The van der Waals surface area contributed by atoms with Gasteiger partial charge in [-0.2, -0.15) is 0 Å². The topological polar surface area (TPSA) is 46.2 Å². The van der Waals surface area contributed by atoms with Crippen LogP contribution in [0.3, 0.4) is 0 Å². The summed E-state index contributed by atoms with van der Waals surface area (Å²) in [6.07, 6.45) is 31.5. The summed E-state index contributed by atoms with van der Waals surface area (Å²) >= 11 is 0. The molecule has 0 amide bonds. The maximum absolute atomic E-state index is 6.90. The maximum atomic E-state index is 6.90. The van der Waals surface area contributed by atoms with Gasteiger partial charge in [0.05, 0.1) is 28.0 Å². The zero-order valence-corrected chi connectivity index (χ0v) is 32.5. The predicted octanol–water partition coefficient (Wildman–Crippen LogP) is 11.1. The molecule has 0 saturated heterocycles. The molecule has 0 unspecified atom stereocenters. The third-order valence-electron chi connectivity index (χ3n) is 11.8. The van der Waals surface area contributed by atoms with Crippen molar-refractivity contribution in [2.45, 2.75) is 236 Å². The van der Waals surface area contributed by atoms with Crippen LogP contribution in [-0.4, -0.2) is 46.1 Å². The zero-order valence-electron chi connectivity index (χ0n) is 30.3. The Labute approximate surface area is 275 Å². The average molecular weight is 653 g/mol. The van der Waals surface area contributed by atoms with Gasteiger partial charge in [0.1, 0.15) is 0 Å². The number of rotatable bonds is 10. The van der Waals surface area contributed by atoms with Crippen LogP contribution < -0.4 is 0 Å². The fourth-order valence-electron chi connectivity index (χ4n) is 9.27. The van der Waals surface area contributed by atoms with Gasteiger partial charge in [0.25, 0.3) is 0 Å². The second-order valence-corrected chi connectivity index (χ2v) is 21.0.